The molecular formula is C20H30FN3O3. The van der Waals surface area contributed by atoms with E-state index >= 15 is 0 Å². The van der Waals surface area contributed by atoms with E-state index in [1.807, 2.05) is 13.8 Å². The number of hydrogen-bond acceptors (Lipinski definition) is 6. The van der Waals surface area contributed by atoms with Gasteiger partial charge < -0.3 is 20.3 Å². The Labute approximate surface area is 160 Å². The third-order valence-electron chi connectivity index (χ3n) is 4.16. The molecule has 0 saturated carbocycles. The minimum atomic E-state index is -0.855. The van der Waals surface area contributed by atoms with Gasteiger partial charge in [-0.1, -0.05) is 32.6 Å². The number of aromatic nitrogens is 2. The molecule has 150 valence electrons. The van der Waals surface area contributed by atoms with E-state index in [0.29, 0.717) is 36.3 Å². The second-order valence-electron chi connectivity index (χ2n) is 6.73. The van der Waals surface area contributed by atoms with Crippen LogP contribution in [0.25, 0.3) is 5.57 Å². The normalized spacial score (nSPS) is 13.7. The van der Waals surface area contributed by atoms with Crippen LogP contribution in [-0.2, 0) is 11.2 Å². The number of alkyl halides is 1. The van der Waals surface area contributed by atoms with Crippen molar-refractivity contribution in [3.05, 3.63) is 35.7 Å². The summed E-state index contributed by atoms with van der Waals surface area (Å²) in [5.41, 5.74) is 2.86. The van der Waals surface area contributed by atoms with Crippen LogP contribution in [0.3, 0.4) is 0 Å². The van der Waals surface area contributed by atoms with Crippen molar-refractivity contribution in [2.45, 2.75) is 57.7 Å². The van der Waals surface area contributed by atoms with Gasteiger partial charge >= 0.3 is 0 Å². The summed E-state index contributed by atoms with van der Waals surface area (Å²) in [5, 5.41) is 22.8. The number of anilines is 1. The molecule has 0 aromatic carbocycles. The van der Waals surface area contributed by atoms with Crippen LogP contribution >= 0.6 is 0 Å². The smallest absolute Gasteiger partial charge is 0.223 e. The summed E-state index contributed by atoms with van der Waals surface area (Å²) in [5.74, 6) is 0.568. The van der Waals surface area contributed by atoms with Gasteiger partial charge in [-0.15, -0.1) is 0 Å². The van der Waals surface area contributed by atoms with E-state index in [1.165, 1.54) is 6.08 Å². The predicted molar refractivity (Wildman–Crippen MR) is 105 cm³/mol. The Balaban J connectivity index is 3.15. The first-order valence-electron chi connectivity index (χ1n) is 9.14. The van der Waals surface area contributed by atoms with Gasteiger partial charge in [0.25, 0.3) is 0 Å². The third kappa shape index (κ3) is 7.19. The number of nitrogens with one attached hydrogen (secondary N) is 1. The zero-order valence-corrected chi connectivity index (χ0v) is 16.3. The van der Waals surface area contributed by atoms with Crippen molar-refractivity contribution in [3.63, 3.8) is 0 Å². The van der Waals surface area contributed by atoms with Crippen LogP contribution in [0.1, 0.15) is 56.0 Å². The van der Waals surface area contributed by atoms with Crippen LogP contribution in [0.5, 0.6) is 0 Å². The molecule has 0 fully saturated rings. The second kappa shape index (κ2) is 11.6. The van der Waals surface area contributed by atoms with Gasteiger partial charge in [0.2, 0.25) is 5.95 Å². The molecule has 0 bridgehead atoms. The molecule has 0 saturated heterocycles. The topological polar surface area (TPSA) is 95.3 Å². The Morgan fingerprint density at radius 3 is 2.56 bits per heavy atom. The van der Waals surface area contributed by atoms with Crippen LogP contribution in [0.2, 0.25) is 0 Å². The molecule has 27 heavy (non-hydrogen) atoms. The van der Waals surface area contributed by atoms with Gasteiger partial charge in [0.15, 0.2) is 0 Å². The molecule has 1 aromatic heterocycles. The Kier molecular flexibility index (Phi) is 9.82. The lowest BCUT2D eigenvalue weighted by molar-refractivity contribution is -0.109. The number of hydrogen-bond donors (Lipinski definition) is 3. The van der Waals surface area contributed by atoms with Crippen LogP contribution < -0.4 is 5.32 Å². The van der Waals surface area contributed by atoms with E-state index < -0.39 is 18.9 Å². The van der Waals surface area contributed by atoms with Crippen molar-refractivity contribution >= 4 is 17.8 Å². The highest BCUT2D eigenvalue weighted by Gasteiger charge is 2.20. The third-order valence-corrected chi connectivity index (χ3v) is 4.16. The molecular weight excluding hydrogens is 349 g/mol. The van der Waals surface area contributed by atoms with E-state index in [9.17, 15) is 19.4 Å². The minimum Gasteiger partial charge on any atom is -0.393 e. The molecule has 1 aromatic rings. The number of aliphatic hydroxyl groups excluding tert-OH is 2. The van der Waals surface area contributed by atoms with E-state index in [0.717, 1.165) is 11.3 Å². The number of rotatable bonds is 12. The monoisotopic (exact) mass is 379 g/mol. The highest BCUT2D eigenvalue weighted by atomic mass is 19.1. The Hall–Kier alpha value is -2.12. The fraction of sp³-hybridized carbons (Fsp3) is 0.550. The van der Waals surface area contributed by atoms with Crippen LogP contribution in [0.15, 0.2) is 18.7 Å². The average Bonchev–Trinajstić information content (AvgIpc) is 2.63. The summed E-state index contributed by atoms with van der Waals surface area (Å²) >= 11 is 0. The maximum atomic E-state index is 12.5. The average molecular weight is 379 g/mol. The minimum absolute atomic E-state index is 0.00433. The lowest BCUT2D eigenvalue weighted by Crippen LogP contribution is -2.19. The lowest BCUT2D eigenvalue weighted by Gasteiger charge is -2.19. The Morgan fingerprint density at radius 1 is 1.30 bits per heavy atom. The van der Waals surface area contributed by atoms with Crippen molar-refractivity contribution in [2.24, 2.45) is 0 Å². The molecule has 7 heteroatoms. The lowest BCUT2D eigenvalue weighted by atomic mass is 9.93. The summed E-state index contributed by atoms with van der Waals surface area (Å²) in [7, 11) is 1.72. The van der Waals surface area contributed by atoms with Crippen molar-refractivity contribution in [2.75, 3.05) is 19.0 Å². The predicted octanol–water partition coefficient (Wildman–Crippen LogP) is 2.81. The summed E-state index contributed by atoms with van der Waals surface area (Å²) in [4.78, 5) is 19.5. The first kappa shape index (κ1) is 22.9. The van der Waals surface area contributed by atoms with Gasteiger partial charge in [-0.05, 0) is 30.8 Å². The van der Waals surface area contributed by atoms with Gasteiger partial charge in [0, 0.05) is 19.0 Å². The number of carbonyl (C=O) groups excluding carboxylic acids is 1. The molecule has 1 rings (SSSR count). The van der Waals surface area contributed by atoms with Crippen molar-refractivity contribution in [3.8, 4) is 0 Å². The molecule has 0 aliphatic heterocycles. The fourth-order valence-electron chi connectivity index (χ4n) is 2.82. The van der Waals surface area contributed by atoms with E-state index in [-0.39, 0.29) is 18.8 Å². The van der Waals surface area contributed by atoms with Crippen molar-refractivity contribution in [1.29, 1.82) is 0 Å². The summed E-state index contributed by atoms with van der Waals surface area (Å²) < 4.78 is 12.5. The zero-order chi connectivity index (χ0) is 20.4. The quantitative estimate of drug-likeness (QED) is 0.382. The van der Waals surface area contributed by atoms with Crippen LogP contribution in [-0.4, -0.2) is 52.4 Å². The molecule has 3 N–H and O–H groups in total. The molecule has 6 nitrogen and oxygen atoms in total. The Bertz CT molecular complexity index is 662. The number of allylic oxidation sites excluding steroid dienone is 3. The molecule has 1 heterocycles. The standard InChI is InChI=1S/C20H30FN3O3/c1-13(2)18-17(8-7-15(26)12-16(27)9-11-25)19(14(3)6-5-10-21)24-20(22-4)23-18/h5-6,11,13,15-16,26-27H,3,7-10,12H2,1-2,4H3,(H,22,23,24)/b6-5-/t15-,16+/m1/s1. The van der Waals surface area contributed by atoms with Gasteiger partial charge in [0.1, 0.15) is 13.0 Å². The highest BCUT2D eigenvalue weighted by molar-refractivity contribution is 5.73. The summed E-state index contributed by atoms with van der Waals surface area (Å²) in [6, 6.07) is 0. The molecule has 2 atom stereocenters. The number of nitrogens with zero attached hydrogens (tertiary/aromatic N) is 2. The summed E-state index contributed by atoms with van der Waals surface area (Å²) in [6.07, 6.45) is 2.96. The van der Waals surface area contributed by atoms with Gasteiger partial charge in [0.05, 0.1) is 23.6 Å². The molecule has 0 aliphatic rings. The first-order chi connectivity index (χ1) is 12.8. The van der Waals surface area contributed by atoms with E-state index in [1.54, 1.807) is 13.1 Å². The molecule has 0 aliphatic carbocycles. The SMILES string of the molecule is C=C(/C=C\CF)c1nc(NC)nc(C(C)C)c1CC[C@@H](O)C[C@@H](O)CC=O. The van der Waals surface area contributed by atoms with Gasteiger partial charge in [-0.3, -0.25) is 0 Å². The largest absolute Gasteiger partial charge is 0.393 e. The van der Waals surface area contributed by atoms with Crippen molar-refractivity contribution < 1.29 is 19.4 Å². The van der Waals surface area contributed by atoms with E-state index in [2.05, 4.69) is 21.9 Å². The maximum Gasteiger partial charge on any atom is 0.223 e. The van der Waals surface area contributed by atoms with E-state index in [4.69, 9.17) is 0 Å². The molecule has 0 spiro atoms. The summed E-state index contributed by atoms with van der Waals surface area (Å²) in [6.45, 7) is 7.42. The number of carbonyl (C=O) groups is 1. The molecule has 0 amide bonds. The second-order valence-corrected chi connectivity index (χ2v) is 6.73. The first-order valence-corrected chi connectivity index (χ1v) is 9.14. The van der Waals surface area contributed by atoms with Crippen molar-refractivity contribution in [1.82, 2.24) is 9.97 Å². The fourth-order valence-corrected chi connectivity index (χ4v) is 2.82. The van der Waals surface area contributed by atoms with Crippen LogP contribution in [0, 0.1) is 0 Å². The Morgan fingerprint density at radius 2 is 2.00 bits per heavy atom. The number of aliphatic hydroxyl groups is 2. The maximum absolute atomic E-state index is 12.5. The van der Waals surface area contributed by atoms with Crippen LogP contribution in [0.4, 0.5) is 10.3 Å². The zero-order valence-electron chi connectivity index (χ0n) is 16.3. The van der Waals surface area contributed by atoms with Gasteiger partial charge in [-0.2, -0.15) is 0 Å². The molecule has 0 unspecified atom stereocenters. The number of halogens is 1. The van der Waals surface area contributed by atoms with Gasteiger partial charge in [-0.25, -0.2) is 14.4 Å². The number of aldehydes is 1. The highest BCUT2D eigenvalue weighted by Crippen LogP contribution is 2.28. The molecule has 0 radical (unpaired) electrons.